The second kappa shape index (κ2) is 8.45. The first-order valence-corrected chi connectivity index (χ1v) is 9.81. The topological polar surface area (TPSA) is 61.4 Å². The molecule has 142 valence electrons. The van der Waals surface area contributed by atoms with Crippen molar-refractivity contribution in [2.45, 2.75) is 13.8 Å². The van der Waals surface area contributed by atoms with Gasteiger partial charge in [-0.05, 0) is 43.4 Å². The van der Waals surface area contributed by atoms with Crippen LogP contribution in [0.5, 0.6) is 0 Å². The Bertz CT molecular complexity index is 887. The zero-order valence-electron chi connectivity index (χ0n) is 15.3. The number of likely N-dealkylation sites (N-methyl/N-ethyl adjacent to an activating group) is 1. The van der Waals surface area contributed by atoms with Gasteiger partial charge in [-0.1, -0.05) is 13.8 Å². The van der Waals surface area contributed by atoms with E-state index in [9.17, 15) is 14.0 Å². The van der Waals surface area contributed by atoms with Crippen LogP contribution in [0.4, 0.5) is 10.1 Å². The van der Waals surface area contributed by atoms with E-state index in [1.165, 1.54) is 23.5 Å². The van der Waals surface area contributed by atoms with Gasteiger partial charge in [-0.2, -0.15) is 0 Å². The van der Waals surface area contributed by atoms with Crippen LogP contribution in [-0.4, -0.2) is 42.9 Å². The predicted octanol–water partition coefficient (Wildman–Crippen LogP) is 3.45. The summed E-state index contributed by atoms with van der Waals surface area (Å²) in [5, 5.41) is 7.40. The van der Waals surface area contributed by atoms with E-state index in [4.69, 9.17) is 0 Å². The maximum Gasteiger partial charge on any atom is 0.256 e. The van der Waals surface area contributed by atoms with Gasteiger partial charge in [0.1, 0.15) is 5.82 Å². The molecule has 2 aromatic rings. The Morgan fingerprint density at radius 3 is 2.81 bits per heavy atom. The normalized spacial score (nSPS) is 14.5. The van der Waals surface area contributed by atoms with Gasteiger partial charge in [0, 0.05) is 34.6 Å². The van der Waals surface area contributed by atoms with Crippen molar-refractivity contribution in [3.05, 3.63) is 51.5 Å². The third-order valence-corrected chi connectivity index (χ3v) is 5.42. The first-order valence-electron chi connectivity index (χ1n) is 8.93. The first kappa shape index (κ1) is 19.3. The van der Waals surface area contributed by atoms with Crippen molar-refractivity contribution in [1.82, 2.24) is 10.2 Å². The molecule has 2 amide bonds. The minimum absolute atomic E-state index is 0.134. The van der Waals surface area contributed by atoms with E-state index in [-0.39, 0.29) is 11.8 Å². The number of hydrogen-bond acceptors (Lipinski definition) is 4. The van der Waals surface area contributed by atoms with Crippen LogP contribution in [-0.2, 0) is 4.79 Å². The molecule has 0 fully saturated rings. The van der Waals surface area contributed by atoms with Gasteiger partial charge in [-0.25, -0.2) is 4.39 Å². The Morgan fingerprint density at radius 1 is 1.30 bits per heavy atom. The number of rotatable bonds is 7. The molecular weight excluding hydrogens is 365 g/mol. The Balaban J connectivity index is 1.69. The minimum Gasteiger partial charge on any atom is -0.351 e. The predicted molar refractivity (Wildman–Crippen MR) is 107 cm³/mol. The fourth-order valence-corrected chi connectivity index (χ4v) is 3.78. The third-order valence-electron chi connectivity index (χ3n) is 4.54. The van der Waals surface area contributed by atoms with E-state index < -0.39 is 5.82 Å². The molecule has 0 spiro atoms. The number of hydrogen-bond donors (Lipinski definition) is 2. The van der Waals surface area contributed by atoms with E-state index in [1.54, 1.807) is 23.6 Å². The van der Waals surface area contributed by atoms with Gasteiger partial charge in [-0.3, -0.25) is 9.59 Å². The van der Waals surface area contributed by atoms with E-state index in [0.29, 0.717) is 28.9 Å². The molecular formula is C20H22FN3O2S. The molecule has 7 heteroatoms. The van der Waals surface area contributed by atoms with Crippen LogP contribution < -0.4 is 10.6 Å². The number of benzene rings is 1. The maximum absolute atomic E-state index is 13.5. The fourth-order valence-electron chi connectivity index (χ4n) is 2.96. The first-order chi connectivity index (χ1) is 13.0. The van der Waals surface area contributed by atoms with Crippen LogP contribution in [0.15, 0.2) is 29.6 Å². The number of nitrogens with zero attached hydrogens (tertiary/aromatic N) is 1. The Kier molecular flexibility index (Phi) is 6.03. The number of carbonyl (C=O) groups excluding carboxylic acids is 2. The van der Waals surface area contributed by atoms with Gasteiger partial charge < -0.3 is 15.5 Å². The molecule has 3 rings (SSSR count). The molecule has 0 radical (unpaired) electrons. The summed E-state index contributed by atoms with van der Waals surface area (Å²) in [7, 11) is 0. The van der Waals surface area contributed by atoms with Crippen LogP contribution in [0.1, 0.15) is 34.6 Å². The summed E-state index contributed by atoms with van der Waals surface area (Å²) in [5.74, 6) is -0.796. The van der Waals surface area contributed by atoms with Gasteiger partial charge in [0.15, 0.2) is 0 Å². The lowest BCUT2D eigenvalue weighted by Crippen LogP contribution is -2.34. The molecule has 0 atom stereocenters. The molecule has 27 heavy (non-hydrogen) atoms. The quantitative estimate of drug-likeness (QED) is 0.716. The van der Waals surface area contributed by atoms with Crippen LogP contribution in [0, 0.1) is 5.82 Å². The molecule has 1 aromatic heterocycles. The summed E-state index contributed by atoms with van der Waals surface area (Å²) in [6.45, 7) is 7.48. The second-order valence-electron chi connectivity index (χ2n) is 6.22. The van der Waals surface area contributed by atoms with Gasteiger partial charge in [0.05, 0.1) is 11.1 Å². The summed E-state index contributed by atoms with van der Waals surface area (Å²) in [6, 6.07) is 5.95. The summed E-state index contributed by atoms with van der Waals surface area (Å²) >= 11 is 1.37. The lowest BCUT2D eigenvalue weighted by molar-refractivity contribution is -0.110. The Labute approximate surface area is 161 Å². The molecule has 1 aliphatic heterocycles. The highest BCUT2D eigenvalue weighted by atomic mass is 32.1. The molecule has 1 aromatic carbocycles. The SMILES string of the molecule is CCN(CC)CCNC(=O)c1csc(/C=C2\C(=O)Nc3ccc(F)cc32)c1. The van der Waals surface area contributed by atoms with Gasteiger partial charge in [0.2, 0.25) is 0 Å². The van der Waals surface area contributed by atoms with E-state index >= 15 is 0 Å². The molecule has 1 aliphatic rings. The van der Waals surface area contributed by atoms with Gasteiger partial charge in [0.25, 0.3) is 11.8 Å². The molecule has 0 aliphatic carbocycles. The van der Waals surface area contributed by atoms with Crippen LogP contribution in [0.25, 0.3) is 11.6 Å². The molecule has 5 nitrogen and oxygen atoms in total. The number of nitrogens with one attached hydrogen (secondary N) is 2. The van der Waals surface area contributed by atoms with Crippen molar-refractivity contribution in [2.75, 3.05) is 31.5 Å². The largest absolute Gasteiger partial charge is 0.351 e. The van der Waals surface area contributed by atoms with Crippen molar-refractivity contribution in [3.8, 4) is 0 Å². The zero-order valence-corrected chi connectivity index (χ0v) is 16.2. The van der Waals surface area contributed by atoms with Crippen LogP contribution >= 0.6 is 11.3 Å². The molecule has 0 bridgehead atoms. The van der Waals surface area contributed by atoms with E-state index in [0.717, 1.165) is 24.5 Å². The number of thiophene rings is 1. The molecule has 0 saturated carbocycles. The van der Waals surface area contributed by atoms with Crippen molar-refractivity contribution >= 4 is 40.5 Å². The maximum atomic E-state index is 13.5. The lowest BCUT2D eigenvalue weighted by atomic mass is 10.1. The average Bonchev–Trinajstić information content (AvgIpc) is 3.24. The van der Waals surface area contributed by atoms with Crippen molar-refractivity contribution in [3.63, 3.8) is 0 Å². The number of anilines is 1. The minimum atomic E-state index is -0.393. The lowest BCUT2D eigenvalue weighted by Gasteiger charge is -2.17. The smallest absolute Gasteiger partial charge is 0.256 e. The van der Waals surface area contributed by atoms with Gasteiger partial charge in [-0.15, -0.1) is 11.3 Å². The summed E-state index contributed by atoms with van der Waals surface area (Å²) in [6.07, 6.45) is 1.69. The van der Waals surface area contributed by atoms with Crippen molar-refractivity contribution < 1.29 is 14.0 Å². The van der Waals surface area contributed by atoms with Crippen LogP contribution in [0.2, 0.25) is 0 Å². The zero-order chi connectivity index (χ0) is 19.4. The van der Waals surface area contributed by atoms with Gasteiger partial charge >= 0.3 is 0 Å². The number of halogens is 1. The Morgan fingerprint density at radius 2 is 2.07 bits per heavy atom. The highest BCUT2D eigenvalue weighted by molar-refractivity contribution is 7.11. The number of amides is 2. The highest BCUT2D eigenvalue weighted by Gasteiger charge is 2.24. The number of carbonyl (C=O) groups is 2. The van der Waals surface area contributed by atoms with Crippen molar-refractivity contribution in [1.29, 1.82) is 0 Å². The van der Waals surface area contributed by atoms with E-state index in [2.05, 4.69) is 29.4 Å². The molecule has 2 heterocycles. The van der Waals surface area contributed by atoms with Crippen LogP contribution in [0.3, 0.4) is 0 Å². The fraction of sp³-hybridized carbons (Fsp3) is 0.300. The summed E-state index contributed by atoms with van der Waals surface area (Å²) in [4.78, 5) is 27.5. The number of fused-ring (bicyclic) bond motifs is 1. The average molecular weight is 387 g/mol. The third kappa shape index (κ3) is 4.43. The molecule has 0 unspecified atom stereocenters. The monoisotopic (exact) mass is 387 g/mol. The highest BCUT2D eigenvalue weighted by Crippen LogP contribution is 2.34. The van der Waals surface area contributed by atoms with E-state index in [1.807, 2.05) is 0 Å². The summed E-state index contributed by atoms with van der Waals surface area (Å²) < 4.78 is 13.5. The molecule has 0 saturated heterocycles. The second-order valence-corrected chi connectivity index (χ2v) is 7.17. The standard InChI is InChI=1S/C20H22FN3O2S/c1-3-24(4-2)8-7-22-19(25)13-9-15(27-12-13)11-17-16-10-14(21)5-6-18(16)23-20(17)26/h5-6,9-12H,3-4,7-8H2,1-2H3,(H,22,25)(H,23,26)/b17-11-. The Hall–Kier alpha value is -2.51. The molecule has 2 N–H and O–H groups in total. The van der Waals surface area contributed by atoms with Crippen molar-refractivity contribution in [2.24, 2.45) is 0 Å². The summed E-state index contributed by atoms with van der Waals surface area (Å²) in [5.41, 5.74) is 2.10.